The molecule has 1 aromatic heterocycles. The second kappa shape index (κ2) is 5.40. The van der Waals surface area contributed by atoms with Crippen LogP contribution in [0.15, 0.2) is 17.2 Å². The van der Waals surface area contributed by atoms with Crippen molar-refractivity contribution < 1.29 is 18.3 Å². The zero-order valence-electron chi connectivity index (χ0n) is 10.3. The van der Waals surface area contributed by atoms with Gasteiger partial charge in [-0.05, 0) is 18.9 Å². The zero-order chi connectivity index (χ0) is 13.2. The van der Waals surface area contributed by atoms with E-state index in [9.17, 15) is 13.5 Å². The number of rotatable bonds is 7. The van der Waals surface area contributed by atoms with Gasteiger partial charge in [-0.3, -0.25) is 0 Å². The Balaban J connectivity index is 2.16. The molecule has 2 N–H and O–H groups in total. The molecule has 0 spiro atoms. The van der Waals surface area contributed by atoms with E-state index >= 15 is 0 Å². The van der Waals surface area contributed by atoms with Gasteiger partial charge in [-0.25, -0.2) is 13.1 Å². The third-order valence-electron chi connectivity index (χ3n) is 2.92. The average molecular weight is 274 g/mol. The smallest absolute Gasteiger partial charge is 0.242 e. The summed E-state index contributed by atoms with van der Waals surface area (Å²) in [6.07, 6.45) is 3.68. The quantitative estimate of drug-likeness (QED) is 0.698. The highest BCUT2D eigenvalue weighted by Gasteiger charge is 2.27. The molecule has 6 nitrogen and oxygen atoms in total. The summed E-state index contributed by atoms with van der Waals surface area (Å²) in [5, 5.41) is 9.23. The normalized spacial score (nSPS) is 16.1. The SMILES string of the molecule is COCCNS(=O)(=O)c1cc(CO)n(C2CC2)c1. The monoisotopic (exact) mass is 274 g/mol. The molecule has 0 bridgehead atoms. The van der Waals surface area contributed by atoms with Crippen LogP contribution in [0.3, 0.4) is 0 Å². The second-order valence-electron chi connectivity index (χ2n) is 4.35. The van der Waals surface area contributed by atoms with Crippen LogP contribution < -0.4 is 4.72 Å². The third kappa shape index (κ3) is 2.92. The highest BCUT2D eigenvalue weighted by atomic mass is 32.2. The minimum atomic E-state index is -3.51. The summed E-state index contributed by atoms with van der Waals surface area (Å²) < 4.78 is 33.0. The molecule has 0 amide bonds. The molecule has 2 rings (SSSR count). The summed E-state index contributed by atoms with van der Waals surface area (Å²) >= 11 is 0. The topological polar surface area (TPSA) is 80.6 Å². The first-order valence-corrected chi connectivity index (χ1v) is 7.37. The van der Waals surface area contributed by atoms with Gasteiger partial charge in [0.2, 0.25) is 10.0 Å². The van der Waals surface area contributed by atoms with Gasteiger partial charge in [0.25, 0.3) is 0 Å². The van der Waals surface area contributed by atoms with Gasteiger partial charge in [0, 0.05) is 31.6 Å². The van der Waals surface area contributed by atoms with Crippen molar-refractivity contribution >= 4 is 10.0 Å². The number of nitrogens with one attached hydrogen (secondary N) is 1. The fourth-order valence-electron chi connectivity index (χ4n) is 1.82. The predicted molar refractivity (Wildman–Crippen MR) is 65.7 cm³/mol. The molecular weight excluding hydrogens is 256 g/mol. The van der Waals surface area contributed by atoms with Gasteiger partial charge < -0.3 is 14.4 Å². The van der Waals surface area contributed by atoms with Crippen molar-refractivity contribution in [1.82, 2.24) is 9.29 Å². The Morgan fingerprint density at radius 3 is 2.83 bits per heavy atom. The lowest BCUT2D eigenvalue weighted by molar-refractivity contribution is 0.204. The van der Waals surface area contributed by atoms with E-state index in [0.29, 0.717) is 18.3 Å². The van der Waals surface area contributed by atoms with Crippen LogP contribution in [0.1, 0.15) is 24.6 Å². The van der Waals surface area contributed by atoms with E-state index < -0.39 is 10.0 Å². The van der Waals surface area contributed by atoms with Gasteiger partial charge in [0.1, 0.15) is 0 Å². The molecule has 1 aromatic rings. The maximum atomic E-state index is 12.0. The predicted octanol–water partition coefficient (Wildman–Crippen LogP) is 0.240. The molecule has 0 atom stereocenters. The van der Waals surface area contributed by atoms with Crippen LogP contribution in [-0.2, 0) is 21.4 Å². The zero-order valence-corrected chi connectivity index (χ0v) is 11.1. The number of sulfonamides is 1. The summed E-state index contributed by atoms with van der Waals surface area (Å²) in [5.74, 6) is 0. The average Bonchev–Trinajstić information content (AvgIpc) is 3.08. The standard InChI is InChI=1S/C11H18N2O4S/c1-17-5-4-12-18(15,16)11-6-10(8-14)13(7-11)9-2-3-9/h6-7,9,12,14H,2-5,8H2,1H3. The van der Waals surface area contributed by atoms with Crippen molar-refractivity contribution in [2.75, 3.05) is 20.3 Å². The largest absolute Gasteiger partial charge is 0.390 e. The summed E-state index contributed by atoms with van der Waals surface area (Å²) in [5.41, 5.74) is 0.643. The van der Waals surface area contributed by atoms with Crippen molar-refractivity contribution in [3.05, 3.63) is 18.0 Å². The molecule has 0 aliphatic heterocycles. The minimum Gasteiger partial charge on any atom is -0.390 e. The molecule has 7 heteroatoms. The van der Waals surface area contributed by atoms with Crippen molar-refractivity contribution in [2.45, 2.75) is 30.4 Å². The van der Waals surface area contributed by atoms with E-state index in [1.54, 1.807) is 6.20 Å². The van der Waals surface area contributed by atoms with Crippen LogP contribution in [0.25, 0.3) is 0 Å². The molecule has 1 heterocycles. The first kappa shape index (κ1) is 13.5. The van der Waals surface area contributed by atoms with Crippen molar-refractivity contribution in [2.24, 2.45) is 0 Å². The maximum Gasteiger partial charge on any atom is 0.242 e. The summed E-state index contributed by atoms with van der Waals surface area (Å²) in [6.45, 7) is 0.418. The number of aliphatic hydroxyl groups excluding tert-OH is 1. The highest BCUT2D eigenvalue weighted by Crippen LogP contribution is 2.37. The fraction of sp³-hybridized carbons (Fsp3) is 0.636. The lowest BCUT2D eigenvalue weighted by atomic mass is 10.4. The summed E-state index contributed by atoms with van der Waals surface area (Å²) in [7, 11) is -2.00. The molecule has 0 aromatic carbocycles. The number of aromatic nitrogens is 1. The summed E-state index contributed by atoms with van der Waals surface area (Å²) in [6, 6.07) is 1.86. The lowest BCUT2D eigenvalue weighted by Crippen LogP contribution is -2.26. The Bertz CT molecular complexity index is 505. The number of methoxy groups -OCH3 is 1. The molecule has 1 aliphatic rings. The molecule has 102 valence electrons. The first-order chi connectivity index (χ1) is 8.58. The Labute approximate surface area is 107 Å². The Kier molecular flexibility index (Phi) is 4.06. The Morgan fingerprint density at radius 2 is 2.28 bits per heavy atom. The van der Waals surface area contributed by atoms with Crippen LogP contribution in [0.5, 0.6) is 0 Å². The number of ether oxygens (including phenoxy) is 1. The fourth-order valence-corrected chi connectivity index (χ4v) is 2.89. The van der Waals surface area contributed by atoms with Crippen LogP contribution >= 0.6 is 0 Å². The molecule has 18 heavy (non-hydrogen) atoms. The highest BCUT2D eigenvalue weighted by molar-refractivity contribution is 7.89. The van der Waals surface area contributed by atoms with E-state index in [2.05, 4.69) is 4.72 Å². The van der Waals surface area contributed by atoms with Crippen LogP contribution in [0.4, 0.5) is 0 Å². The molecule has 0 radical (unpaired) electrons. The number of nitrogens with zero attached hydrogens (tertiary/aromatic N) is 1. The molecule has 0 unspecified atom stereocenters. The van der Waals surface area contributed by atoms with E-state index in [0.717, 1.165) is 12.8 Å². The van der Waals surface area contributed by atoms with Gasteiger partial charge in [0.15, 0.2) is 0 Å². The van der Waals surface area contributed by atoms with Crippen LogP contribution in [0.2, 0.25) is 0 Å². The third-order valence-corrected chi connectivity index (χ3v) is 4.35. The van der Waals surface area contributed by atoms with Gasteiger partial charge in [-0.1, -0.05) is 0 Å². The summed E-state index contributed by atoms with van der Waals surface area (Å²) in [4.78, 5) is 0.203. The van der Waals surface area contributed by atoms with Crippen molar-refractivity contribution in [3.8, 4) is 0 Å². The Hall–Kier alpha value is -0.890. The van der Waals surface area contributed by atoms with E-state index in [4.69, 9.17) is 4.74 Å². The minimum absolute atomic E-state index is 0.149. The van der Waals surface area contributed by atoms with Gasteiger partial charge >= 0.3 is 0 Å². The van der Waals surface area contributed by atoms with E-state index in [1.807, 2.05) is 4.57 Å². The first-order valence-electron chi connectivity index (χ1n) is 5.88. The van der Waals surface area contributed by atoms with Crippen LogP contribution in [-0.4, -0.2) is 38.4 Å². The number of aliphatic hydroxyl groups is 1. The van der Waals surface area contributed by atoms with E-state index in [1.165, 1.54) is 13.2 Å². The van der Waals surface area contributed by atoms with E-state index in [-0.39, 0.29) is 18.0 Å². The number of hydrogen-bond acceptors (Lipinski definition) is 4. The second-order valence-corrected chi connectivity index (χ2v) is 6.12. The number of hydrogen-bond donors (Lipinski definition) is 2. The molecule has 1 saturated carbocycles. The van der Waals surface area contributed by atoms with Crippen molar-refractivity contribution in [3.63, 3.8) is 0 Å². The lowest BCUT2D eigenvalue weighted by Gasteiger charge is -2.04. The van der Waals surface area contributed by atoms with Crippen molar-refractivity contribution in [1.29, 1.82) is 0 Å². The molecule has 1 fully saturated rings. The van der Waals surface area contributed by atoms with Gasteiger partial charge in [-0.2, -0.15) is 0 Å². The Morgan fingerprint density at radius 1 is 1.56 bits per heavy atom. The van der Waals surface area contributed by atoms with Crippen LogP contribution in [0, 0.1) is 0 Å². The molecular formula is C11H18N2O4S. The van der Waals surface area contributed by atoms with Gasteiger partial charge in [-0.15, -0.1) is 0 Å². The molecule has 1 aliphatic carbocycles. The maximum absolute atomic E-state index is 12.0. The van der Waals surface area contributed by atoms with Gasteiger partial charge in [0.05, 0.1) is 18.1 Å². The molecule has 0 saturated heterocycles.